The first kappa shape index (κ1) is 24.2. The van der Waals surface area contributed by atoms with Crippen molar-refractivity contribution in [1.29, 1.82) is 0 Å². The van der Waals surface area contributed by atoms with Crippen LogP contribution in [0.25, 0.3) is 21.3 Å². The number of aromatic nitrogens is 2. The van der Waals surface area contributed by atoms with Gasteiger partial charge in [-0.1, -0.05) is 72.4 Å². The Morgan fingerprint density at radius 3 is 2.31 bits per heavy atom. The quantitative estimate of drug-likeness (QED) is 0.226. The monoisotopic (exact) mass is 483 g/mol. The summed E-state index contributed by atoms with van der Waals surface area (Å²) < 4.78 is 0. The van der Waals surface area contributed by atoms with E-state index in [1.165, 1.54) is 11.8 Å². The van der Waals surface area contributed by atoms with Crippen LogP contribution in [0.3, 0.4) is 0 Å². The first-order valence-corrected chi connectivity index (χ1v) is 12.0. The summed E-state index contributed by atoms with van der Waals surface area (Å²) in [7, 11) is 0. The summed E-state index contributed by atoms with van der Waals surface area (Å²) in [4.78, 5) is 25.1. The molecule has 0 N–H and O–H groups in total. The zero-order valence-corrected chi connectivity index (χ0v) is 20.8. The maximum Gasteiger partial charge on any atom is 0.233 e. The standard InChI is InChI=1S/C25H25N3OS2.ClH/c1-25(2,3)28(14-18-10-6-4-7-11-18)21(29)16-31-24-22-20(19-12-8-5-9-13-19)15-30-23(22)26-17-27-24;/h4-13,15,17H,14,16H2,1-3H3;1H. The lowest BCUT2D eigenvalue weighted by Crippen LogP contribution is -2.45. The van der Waals surface area contributed by atoms with Crippen LogP contribution in [0.2, 0.25) is 0 Å². The summed E-state index contributed by atoms with van der Waals surface area (Å²) in [5.41, 5.74) is 3.11. The number of hydrogen-bond donors (Lipinski definition) is 0. The molecule has 7 heteroatoms. The summed E-state index contributed by atoms with van der Waals surface area (Å²) in [5, 5.41) is 4.01. The Hall–Kier alpha value is -2.41. The van der Waals surface area contributed by atoms with Crippen LogP contribution in [-0.4, -0.2) is 32.1 Å². The molecule has 4 rings (SSSR count). The van der Waals surface area contributed by atoms with E-state index in [2.05, 4.69) is 60.4 Å². The van der Waals surface area contributed by atoms with Crippen LogP contribution in [0.4, 0.5) is 0 Å². The van der Waals surface area contributed by atoms with E-state index in [1.54, 1.807) is 17.7 Å². The van der Waals surface area contributed by atoms with Crippen molar-refractivity contribution in [3.05, 3.63) is 77.9 Å². The minimum Gasteiger partial charge on any atom is -0.333 e. The second kappa shape index (κ2) is 10.5. The minimum atomic E-state index is -0.272. The lowest BCUT2D eigenvalue weighted by molar-refractivity contribution is -0.133. The summed E-state index contributed by atoms with van der Waals surface area (Å²) in [6.07, 6.45) is 1.59. The molecule has 0 bridgehead atoms. The summed E-state index contributed by atoms with van der Waals surface area (Å²) in [5.74, 6) is 0.435. The van der Waals surface area contributed by atoms with Gasteiger partial charge in [0.25, 0.3) is 0 Å². The normalized spacial score (nSPS) is 11.2. The van der Waals surface area contributed by atoms with Crippen molar-refractivity contribution in [1.82, 2.24) is 14.9 Å². The number of carbonyl (C=O) groups excluding carboxylic acids is 1. The first-order valence-electron chi connectivity index (χ1n) is 10.2. The summed E-state index contributed by atoms with van der Waals surface area (Å²) in [6.45, 7) is 6.83. The van der Waals surface area contributed by atoms with Crippen LogP contribution >= 0.6 is 35.5 Å². The van der Waals surface area contributed by atoms with Gasteiger partial charge in [-0.2, -0.15) is 0 Å². The summed E-state index contributed by atoms with van der Waals surface area (Å²) in [6, 6.07) is 20.4. The van der Waals surface area contributed by atoms with Crippen LogP contribution in [-0.2, 0) is 11.3 Å². The molecule has 2 aromatic heterocycles. The van der Waals surface area contributed by atoms with Crippen molar-refractivity contribution in [3.8, 4) is 11.1 Å². The van der Waals surface area contributed by atoms with Gasteiger partial charge in [0.2, 0.25) is 5.91 Å². The topological polar surface area (TPSA) is 46.1 Å². The second-order valence-electron chi connectivity index (χ2n) is 8.30. The molecule has 0 saturated carbocycles. The largest absolute Gasteiger partial charge is 0.333 e. The van der Waals surface area contributed by atoms with Crippen LogP contribution < -0.4 is 0 Å². The molecule has 0 aliphatic heterocycles. The Labute approximate surface area is 203 Å². The molecule has 0 unspecified atom stereocenters. The number of thioether (sulfide) groups is 1. The van der Waals surface area contributed by atoms with Gasteiger partial charge in [-0.15, -0.1) is 23.7 Å². The first-order chi connectivity index (χ1) is 14.9. The van der Waals surface area contributed by atoms with E-state index < -0.39 is 0 Å². The van der Waals surface area contributed by atoms with Crippen molar-refractivity contribution in [3.63, 3.8) is 0 Å². The van der Waals surface area contributed by atoms with E-state index in [9.17, 15) is 4.79 Å². The Balaban J connectivity index is 0.00000289. The smallest absolute Gasteiger partial charge is 0.233 e. The number of fused-ring (bicyclic) bond motifs is 1. The Morgan fingerprint density at radius 1 is 1.00 bits per heavy atom. The molecule has 0 atom stereocenters. The molecule has 2 heterocycles. The molecule has 0 fully saturated rings. The van der Waals surface area contributed by atoms with Crippen molar-refractivity contribution < 1.29 is 4.79 Å². The molecule has 0 aliphatic carbocycles. The Morgan fingerprint density at radius 2 is 1.66 bits per heavy atom. The highest BCUT2D eigenvalue weighted by molar-refractivity contribution is 8.00. The number of amides is 1. The molecular weight excluding hydrogens is 458 g/mol. The summed E-state index contributed by atoms with van der Waals surface area (Å²) >= 11 is 3.10. The van der Waals surface area contributed by atoms with Gasteiger partial charge in [-0.3, -0.25) is 4.79 Å². The fourth-order valence-electron chi connectivity index (χ4n) is 3.46. The van der Waals surface area contributed by atoms with E-state index in [4.69, 9.17) is 0 Å². The highest BCUT2D eigenvalue weighted by atomic mass is 35.5. The van der Waals surface area contributed by atoms with E-state index >= 15 is 0 Å². The predicted molar refractivity (Wildman–Crippen MR) is 138 cm³/mol. The SMILES string of the molecule is CC(C)(C)N(Cc1ccccc1)C(=O)CSc1ncnc2scc(-c3ccccc3)c12.Cl. The number of benzene rings is 2. The van der Waals surface area contributed by atoms with Gasteiger partial charge in [0.05, 0.1) is 11.1 Å². The highest BCUT2D eigenvalue weighted by Gasteiger charge is 2.27. The third-order valence-electron chi connectivity index (χ3n) is 5.05. The van der Waals surface area contributed by atoms with E-state index in [0.29, 0.717) is 12.3 Å². The maximum absolute atomic E-state index is 13.3. The van der Waals surface area contributed by atoms with Gasteiger partial charge >= 0.3 is 0 Å². The molecule has 0 saturated heterocycles. The number of thiophene rings is 1. The molecule has 1 amide bonds. The highest BCUT2D eigenvalue weighted by Crippen LogP contribution is 2.38. The second-order valence-corrected chi connectivity index (χ2v) is 10.1. The van der Waals surface area contributed by atoms with Gasteiger partial charge in [-0.05, 0) is 31.9 Å². The molecule has 166 valence electrons. The third kappa shape index (κ3) is 5.49. The van der Waals surface area contributed by atoms with E-state index in [0.717, 1.165) is 31.9 Å². The molecule has 2 aromatic carbocycles. The lowest BCUT2D eigenvalue weighted by atomic mass is 10.0. The zero-order chi connectivity index (χ0) is 21.8. The molecule has 0 aliphatic rings. The number of halogens is 1. The molecule has 4 nitrogen and oxygen atoms in total. The maximum atomic E-state index is 13.3. The molecule has 4 aromatic rings. The van der Waals surface area contributed by atoms with Gasteiger partial charge in [0, 0.05) is 23.0 Å². The fraction of sp³-hybridized carbons (Fsp3) is 0.240. The van der Waals surface area contributed by atoms with Gasteiger partial charge < -0.3 is 4.90 Å². The van der Waals surface area contributed by atoms with E-state index in [1.807, 2.05) is 41.3 Å². The third-order valence-corrected chi connectivity index (χ3v) is 6.91. The van der Waals surface area contributed by atoms with Gasteiger partial charge in [-0.25, -0.2) is 9.97 Å². The van der Waals surface area contributed by atoms with E-state index in [-0.39, 0.29) is 23.9 Å². The minimum absolute atomic E-state index is 0. The lowest BCUT2D eigenvalue weighted by Gasteiger charge is -2.36. The number of hydrogen-bond acceptors (Lipinski definition) is 5. The average molecular weight is 484 g/mol. The Kier molecular flexibility index (Phi) is 7.93. The van der Waals surface area contributed by atoms with Crippen molar-refractivity contribution in [2.45, 2.75) is 37.9 Å². The van der Waals surface area contributed by atoms with Gasteiger partial charge in [0.15, 0.2) is 0 Å². The van der Waals surface area contributed by atoms with Crippen molar-refractivity contribution >= 4 is 51.6 Å². The van der Waals surface area contributed by atoms with Crippen LogP contribution in [0, 0.1) is 0 Å². The molecule has 32 heavy (non-hydrogen) atoms. The fourth-order valence-corrected chi connectivity index (χ4v) is 5.33. The van der Waals surface area contributed by atoms with Gasteiger partial charge in [0.1, 0.15) is 16.2 Å². The predicted octanol–water partition coefficient (Wildman–Crippen LogP) is 6.70. The molecular formula is C25H26ClN3OS2. The zero-order valence-electron chi connectivity index (χ0n) is 18.3. The number of nitrogens with zero attached hydrogens (tertiary/aromatic N) is 3. The Bertz CT molecular complexity index is 1170. The number of rotatable bonds is 6. The average Bonchev–Trinajstić information content (AvgIpc) is 3.21. The molecule has 0 radical (unpaired) electrons. The van der Waals surface area contributed by atoms with Crippen molar-refractivity contribution in [2.75, 3.05) is 5.75 Å². The van der Waals surface area contributed by atoms with Crippen LogP contribution in [0.15, 0.2) is 77.4 Å². The van der Waals surface area contributed by atoms with Crippen molar-refractivity contribution in [2.24, 2.45) is 0 Å². The van der Waals surface area contributed by atoms with Crippen LogP contribution in [0.1, 0.15) is 26.3 Å². The molecule has 0 spiro atoms. The van der Waals surface area contributed by atoms with Crippen LogP contribution in [0.5, 0.6) is 0 Å². The number of carbonyl (C=O) groups is 1.